The normalized spacial score (nSPS) is 14.3. The number of amides is 1. The Hall–Kier alpha value is -2.60. The number of rotatable bonds is 7. The third-order valence-corrected chi connectivity index (χ3v) is 4.59. The Labute approximate surface area is 160 Å². The van der Waals surface area contributed by atoms with E-state index < -0.39 is 0 Å². The van der Waals surface area contributed by atoms with Gasteiger partial charge in [0.2, 0.25) is 0 Å². The molecule has 0 saturated carbocycles. The second kappa shape index (κ2) is 9.37. The van der Waals surface area contributed by atoms with E-state index in [-0.39, 0.29) is 5.91 Å². The van der Waals surface area contributed by atoms with Crippen LogP contribution in [0.1, 0.15) is 23.0 Å². The number of hydrogen-bond donors (Lipinski definition) is 0. The number of nitrogens with zero attached hydrogens (tertiary/aromatic N) is 3. The molecule has 0 atom stereocenters. The van der Waals surface area contributed by atoms with E-state index in [9.17, 15) is 4.79 Å². The van der Waals surface area contributed by atoms with E-state index in [0.717, 1.165) is 18.8 Å². The number of aromatic nitrogens is 1. The zero-order valence-corrected chi connectivity index (χ0v) is 16.1. The van der Waals surface area contributed by atoms with Crippen molar-refractivity contribution in [2.45, 2.75) is 13.8 Å². The molecule has 1 aromatic heterocycles. The summed E-state index contributed by atoms with van der Waals surface area (Å²) in [6.07, 6.45) is 1.83. The first-order valence-corrected chi connectivity index (χ1v) is 9.45. The van der Waals surface area contributed by atoms with Crippen molar-refractivity contribution in [1.29, 1.82) is 0 Å². The van der Waals surface area contributed by atoms with Gasteiger partial charge in [-0.1, -0.05) is 6.07 Å². The van der Waals surface area contributed by atoms with Crippen LogP contribution in [0.15, 0.2) is 42.6 Å². The first kappa shape index (κ1) is 19.2. The van der Waals surface area contributed by atoms with E-state index in [2.05, 4.69) is 16.0 Å². The molecule has 0 spiro atoms. The van der Waals surface area contributed by atoms with Crippen molar-refractivity contribution in [3.05, 3.63) is 53.9 Å². The van der Waals surface area contributed by atoms with Crippen LogP contribution in [-0.2, 0) is 4.74 Å². The zero-order chi connectivity index (χ0) is 19.1. The molecule has 1 aromatic carbocycles. The van der Waals surface area contributed by atoms with Crippen molar-refractivity contribution >= 4 is 11.6 Å². The summed E-state index contributed by atoms with van der Waals surface area (Å²) in [5, 5.41) is 0. The molecule has 1 aliphatic rings. The van der Waals surface area contributed by atoms with E-state index in [4.69, 9.17) is 9.47 Å². The quantitative estimate of drug-likeness (QED) is 0.703. The number of aryl methyl sites for hydroxylation is 1. The predicted molar refractivity (Wildman–Crippen MR) is 106 cm³/mol. The molecule has 0 unspecified atom stereocenters. The highest BCUT2D eigenvalue weighted by atomic mass is 16.5. The highest BCUT2D eigenvalue weighted by molar-refractivity contribution is 5.94. The average molecular weight is 369 g/mol. The summed E-state index contributed by atoms with van der Waals surface area (Å²) in [6, 6.07) is 11.5. The lowest BCUT2D eigenvalue weighted by molar-refractivity contribution is 0.0746. The fraction of sp³-hybridized carbons (Fsp3) is 0.429. The highest BCUT2D eigenvalue weighted by Gasteiger charge is 2.22. The van der Waals surface area contributed by atoms with Crippen LogP contribution in [0.3, 0.4) is 0 Å². The number of benzene rings is 1. The lowest BCUT2D eigenvalue weighted by atomic mass is 10.1. The molecule has 1 aliphatic heterocycles. The minimum atomic E-state index is 0.0517. The molecule has 6 nitrogen and oxygen atoms in total. The monoisotopic (exact) mass is 369 g/mol. The molecule has 0 aliphatic carbocycles. The van der Waals surface area contributed by atoms with E-state index in [0.29, 0.717) is 44.2 Å². The molecule has 6 heteroatoms. The number of hydrogen-bond acceptors (Lipinski definition) is 5. The Balaban J connectivity index is 1.56. The molecular formula is C21H27N3O3. The van der Waals surface area contributed by atoms with Crippen molar-refractivity contribution in [2.24, 2.45) is 0 Å². The highest BCUT2D eigenvalue weighted by Crippen LogP contribution is 2.19. The summed E-state index contributed by atoms with van der Waals surface area (Å²) in [4.78, 5) is 21.3. The summed E-state index contributed by atoms with van der Waals surface area (Å²) < 4.78 is 10.9. The molecule has 0 radical (unpaired) electrons. The SMILES string of the molecule is CCOCCOc1cccc(C(=O)N2CCN(c3ccnc(C)c3)CC2)c1. The standard InChI is InChI=1S/C21H27N3O3/c1-3-26-13-14-27-20-6-4-5-18(16-20)21(25)24-11-9-23(10-12-24)19-7-8-22-17(2)15-19/h4-8,15-16H,3,9-14H2,1-2H3. The maximum atomic E-state index is 12.8. The number of pyridine rings is 1. The van der Waals surface area contributed by atoms with Gasteiger partial charge in [0.25, 0.3) is 5.91 Å². The smallest absolute Gasteiger partial charge is 0.254 e. The molecule has 0 N–H and O–H groups in total. The Morgan fingerprint density at radius 2 is 1.93 bits per heavy atom. The molecule has 1 fully saturated rings. The van der Waals surface area contributed by atoms with Crippen LogP contribution in [-0.4, -0.2) is 61.8 Å². The summed E-state index contributed by atoms with van der Waals surface area (Å²) in [5.41, 5.74) is 2.84. The van der Waals surface area contributed by atoms with E-state index in [1.807, 2.05) is 55.3 Å². The average Bonchev–Trinajstić information content (AvgIpc) is 2.71. The van der Waals surface area contributed by atoms with Gasteiger partial charge in [-0.05, 0) is 44.2 Å². The van der Waals surface area contributed by atoms with Crippen molar-refractivity contribution < 1.29 is 14.3 Å². The van der Waals surface area contributed by atoms with Crippen LogP contribution in [0, 0.1) is 6.92 Å². The van der Waals surface area contributed by atoms with Crippen LogP contribution >= 0.6 is 0 Å². The van der Waals surface area contributed by atoms with E-state index in [1.165, 1.54) is 5.69 Å². The molecule has 2 aromatic rings. The minimum absolute atomic E-state index is 0.0517. The largest absolute Gasteiger partial charge is 0.491 e. The molecule has 3 rings (SSSR count). The lowest BCUT2D eigenvalue weighted by Crippen LogP contribution is -2.48. The fourth-order valence-corrected chi connectivity index (χ4v) is 3.16. The second-order valence-electron chi connectivity index (χ2n) is 6.51. The van der Waals surface area contributed by atoms with Crippen molar-refractivity contribution in [3.63, 3.8) is 0 Å². The minimum Gasteiger partial charge on any atom is -0.491 e. The Morgan fingerprint density at radius 1 is 1.11 bits per heavy atom. The molecule has 0 bridgehead atoms. The van der Waals surface area contributed by atoms with Gasteiger partial charge in [0.05, 0.1) is 6.61 Å². The molecule has 1 saturated heterocycles. The number of carbonyl (C=O) groups excluding carboxylic acids is 1. The third kappa shape index (κ3) is 5.20. The molecule has 2 heterocycles. The van der Waals surface area contributed by atoms with Crippen LogP contribution in [0.5, 0.6) is 5.75 Å². The summed E-state index contributed by atoms with van der Waals surface area (Å²) >= 11 is 0. The third-order valence-electron chi connectivity index (χ3n) is 4.59. The van der Waals surface area contributed by atoms with Gasteiger partial charge in [0.1, 0.15) is 12.4 Å². The Morgan fingerprint density at radius 3 is 2.67 bits per heavy atom. The predicted octanol–water partition coefficient (Wildman–Crippen LogP) is 2.77. The lowest BCUT2D eigenvalue weighted by Gasteiger charge is -2.36. The summed E-state index contributed by atoms with van der Waals surface area (Å²) in [7, 11) is 0. The summed E-state index contributed by atoms with van der Waals surface area (Å²) in [5.74, 6) is 0.752. The first-order chi connectivity index (χ1) is 13.2. The van der Waals surface area contributed by atoms with Crippen molar-refractivity contribution in [3.8, 4) is 5.75 Å². The zero-order valence-electron chi connectivity index (χ0n) is 16.1. The Bertz CT molecular complexity index is 758. The van der Waals surface area contributed by atoms with Gasteiger partial charge in [0.15, 0.2) is 0 Å². The van der Waals surface area contributed by atoms with Gasteiger partial charge in [-0.15, -0.1) is 0 Å². The Kier molecular flexibility index (Phi) is 6.65. The number of piperazine rings is 1. The van der Waals surface area contributed by atoms with E-state index in [1.54, 1.807) is 0 Å². The number of carbonyl (C=O) groups is 1. The summed E-state index contributed by atoms with van der Waals surface area (Å²) in [6.45, 7) is 8.69. The maximum absolute atomic E-state index is 12.8. The van der Waals surface area contributed by atoms with Crippen molar-refractivity contribution in [2.75, 3.05) is 50.9 Å². The van der Waals surface area contributed by atoms with Gasteiger partial charge in [-0.3, -0.25) is 9.78 Å². The molecular weight excluding hydrogens is 342 g/mol. The van der Waals surface area contributed by atoms with Gasteiger partial charge in [-0.25, -0.2) is 0 Å². The molecule has 144 valence electrons. The molecule has 27 heavy (non-hydrogen) atoms. The second-order valence-corrected chi connectivity index (χ2v) is 6.51. The van der Waals surface area contributed by atoms with Crippen molar-refractivity contribution in [1.82, 2.24) is 9.88 Å². The molecule has 1 amide bonds. The van der Waals surface area contributed by atoms with Crippen LogP contribution in [0.4, 0.5) is 5.69 Å². The van der Waals surface area contributed by atoms with Gasteiger partial charge >= 0.3 is 0 Å². The van der Waals surface area contributed by atoms with Crippen LogP contribution in [0.25, 0.3) is 0 Å². The first-order valence-electron chi connectivity index (χ1n) is 9.45. The van der Waals surface area contributed by atoms with E-state index >= 15 is 0 Å². The number of anilines is 1. The fourth-order valence-electron chi connectivity index (χ4n) is 3.16. The van der Waals surface area contributed by atoms with Crippen LogP contribution in [0.2, 0.25) is 0 Å². The topological polar surface area (TPSA) is 54.9 Å². The number of ether oxygens (including phenoxy) is 2. The van der Waals surface area contributed by atoms with Gasteiger partial charge < -0.3 is 19.3 Å². The maximum Gasteiger partial charge on any atom is 0.254 e. The van der Waals surface area contributed by atoms with Gasteiger partial charge in [0, 0.05) is 55.9 Å². The van der Waals surface area contributed by atoms with Gasteiger partial charge in [-0.2, -0.15) is 0 Å². The van der Waals surface area contributed by atoms with Crippen LogP contribution < -0.4 is 9.64 Å².